The molecular weight excluding hydrogens is 416 g/mol. The number of fused-ring (bicyclic) bond motifs is 1. The third kappa shape index (κ3) is 4.20. The number of amides is 1. The van der Waals surface area contributed by atoms with Crippen LogP contribution in [0.5, 0.6) is 11.5 Å². The maximum Gasteiger partial charge on any atom is 0.264 e. The van der Waals surface area contributed by atoms with Crippen molar-refractivity contribution in [2.75, 3.05) is 18.1 Å². The normalized spacial score (nSPS) is 12.5. The van der Waals surface area contributed by atoms with Gasteiger partial charge in [-0.3, -0.25) is 9.10 Å². The van der Waals surface area contributed by atoms with Gasteiger partial charge in [-0.05, 0) is 48.9 Å². The van der Waals surface area contributed by atoms with Crippen molar-refractivity contribution in [3.63, 3.8) is 0 Å². The third-order valence-corrected chi connectivity index (χ3v) is 6.84. The zero-order valence-corrected chi connectivity index (χ0v) is 18.0. The SMILES string of the molecule is Cc1ccc(S(=O)(=O)N(C)c2ccccc2C(=O)NCc2ccc3c(c2)OCO3)cc1. The molecule has 3 aromatic carbocycles. The summed E-state index contributed by atoms with van der Waals surface area (Å²) in [5.74, 6) is 0.929. The van der Waals surface area contributed by atoms with Crippen molar-refractivity contribution < 1.29 is 22.7 Å². The number of carbonyl (C=O) groups excluding carboxylic acids is 1. The Kier molecular flexibility index (Phi) is 5.56. The predicted molar refractivity (Wildman–Crippen MR) is 117 cm³/mol. The molecule has 31 heavy (non-hydrogen) atoms. The van der Waals surface area contributed by atoms with Crippen LogP contribution in [-0.2, 0) is 16.6 Å². The first kappa shape index (κ1) is 20.7. The first-order chi connectivity index (χ1) is 14.9. The highest BCUT2D eigenvalue weighted by atomic mass is 32.2. The molecule has 0 unspecified atom stereocenters. The highest BCUT2D eigenvalue weighted by Crippen LogP contribution is 2.32. The molecule has 8 heteroatoms. The van der Waals surface area contributed by atoms with Gasteiger partial charge in [0.15, 0.2) is 11.5 Å². The van der Waals surface area contributed by atoms with Gasteiger partial charge in [0.2, 0.25) is 6.79 Å². The van der Waals surface area contributed by atoms with E-state index in [-0.39, 0.29) is 29.7 Å². The fourth-order valence-electron chi connectivity index (χ4n) is 3.27. The van der Waals surface area contributed by atoms with E-state index < -0.39 is 10.0 Å². The van der Waals surface area contributed by atoms with Crippen molar-refractivity contribution in [1.29, 1.82) is 0 Å². The topological polar surface area (TPSA) is 84.9 Å². The third-order valence-electron chi connectivity index (χ3n) is 5.06. The smallest absolute Gasteiger partial charge is 0.264 e. The molecule has 0 radical (unpaired) electrons. The maximum atomic E-state index is 13.1. The standard InChI is InChI=1S/C23H22N2O5S/c1-16-7-10-18(11-8-16)31(27,28)25(2)20-6-4-3-5-19(20)23(26)24-14-17-9-12-21-22(13-17)30-15-29-21/h3-13H,14-15H2,1-2H3,(H,24,26). The van der Waals surface area contributed by atoms with E-state index in [1.54, 1.807) is 54.6 Å². The number of nitrogens with zero attached hydrogens (tertiary/aromatic N) is 1. The van der Waals surface area contributed by atoms with Crippen LogP contribution in [0.1, 0.15) is 21.5 Å². The molecule has 0 fully saturated rings. The molecule has 0 atom stereocenters. The van der Waals surface area contributed by atoms with Crippen molar-refractivity contribution in [1.82, 2.24) is 5.32 Å². The summed E-state index contributed by atoms with van der Waals surface area (Å²) in [6.07, 6.45) is 0. The molecule has 0 spiro atoms. The Bertz CT molecular complexity index is 1220. The number of anilines is 1. The lowest BCUT2D eigenvalue weighted by Crippen LogP contribution is -2.30. The Labute approximate surface area is 181 Å². The predicted octanol–water partition coefficient (Wildman–Crippen LogP) is 3.48. The van der Waals surface area contributed by atoms with Crippen LogP contribution in [0.15, 0.2) is 71.6 Å². The van der Waals surface area contributed by atoms with Crippen LogP contribution in [0, 0.1) is 6.92 Å². The summed E-state index contributed by atoms with van der Waals surface area (Å²) in [6, 6.07) is 18.7. The Morgan fingerprint density at radius 3 is 2.48 bits per heavy atom. The largest absolute Gasteiger partial charge is 0.454 e. The quantitative estimate of drug-likeness (QED) is 0.637. The van der Waals surface area contributed by atoms with Gasteiger partial charge in [-0.15, -0.1) is 0 Å². The number of para-hydroxylation sites is 1. The Hall–Kier alpha value is -3.52. The van der Waals surface area contributed by atoms with Crippen LogP contribution in [-0.4, -0.2) is 28.2 Å². The molecule has 3 aromatic rings. The lowest BCUT2D eigenvalue weighted by molar-refractivity contribution is 0.0951. The number of nitrogens with one attached hydrogen (secondary N) is 1. The zero-order chi connectivity index (χ0) is 22.0. The molecule has 160 valence electrons. The fraction of sp³-hybridized carbons (Fsp3) is 0.174. The van der Waals surface area contributed by atoms with Gasteiger partial charge in [-0.1, -0.05) is 35.9 Å². The van der Waals surface area contributed by atoms with Crippen molar-refractivity contribution in [3.8, 4) is 11.5 Å². The highest BCUT2D eigenvalue weighted by molar-refractivity contribution is 7.92. The summed E-state index contributed by atoms with van der Waals surface area (Å²) in [4.78, 5) is 13.1. The fourth-order valence-corrected chi connectivity index (χ4v) is 4.48. The molecule has 0 saturated carbocycles. The first-order valence-corrected chi connectivity index (χ1v) is 11.1. The summed E-state index contributed by atoms with van der Waals surface area (Å²) >= 11 is 0. The van der Waals surface area contributed by atoms with Crippen molar-refractivity contribution in [3.05, 3.63) is 83.4 Å². The number of hydrogen-bond donors (Lipinski definition) is 1. The summed E-state index contributed by atoms with van der Waals surface area (Å²) < 4.78 is 37.9. The van der Waals surface area contributed by atoms with Crippen molar-refractivity contribution >= 4 is 21.6 Å². The minimum absolute atomic E-state index is 0.163. The van der Waals surface area contributed by atoms with E-state index in [9.17, 15) is 13.2 Å². The van der Waals surface area contributed by atoms with Crippen LogP contribution >= 0.6 is 0 Å². The molecule has 1 aliphatic rings. The lowest BCUT2D eigenvalue weighted by Gasteiger charge is -2.22. The van der Waals surface area contributed by atoms with Crippen molar-refractivity contribution in [2.45, 2.75) is 18.4 Å². The highest BCUT2D eigenvalue weighted by Gasteiger charge is 2.25. The molecule has 1 aliphatic heterocycles. The molecular formula is C23H22N2O5S. The molecule has 7 nitrogen and oxygen atoms in total. The second-order valence-electron chi connectivity index (χ2n) is 7.17. The molecule has 4 rings (SSSR count). The maximum absolute atomic E-state index is 13.1. The van der Waals surface area contributed by atoms with Gasteiger partial charge in [0, 0.05) is 13.6 Å². The van der Waals surface area contributed by atoms with Gasteiger partial charge in [-0.2, -0.15) is 0 Å². The van der Waals surface area contributed by atoms with Crippen LogP contribution in [0.2, 0.25) is 0 Å². The summed E-state index contributed by atoms with van der Waals surface area (Å²) in [6.45, 7) is 2.33. The molecule has 1 heterocycles. The van der Waals surface area contributed by atoms with E-state index in [2.05, 4.69) is 5.32 Å². The number of aryl methyl sites for hydroxylation is 1. The molecule has 0 aromatic heterocycles. The first-order valence-electron chi connectivity index (χ1n) is 9.67. The van der Waals surface area contributed by atoms with E-state index in [0.29, 0.717) is 17.2 Å². The lowest BCUT2D eigenvalue weighted by atomic mass is 10.1. The minimum atomic E-state index is -3.82. The minimum Gasteiger partial charge on any atom is -0.454 e. The molecule has 1 N–H and O–H groups in total. The van der Waals surface area contributed by atoms with Gasteiger partial charge in [0.25, 0.3) is 15.9 Å². The van der Waals surface area contributed by atoms with E-state index in [4.69, 9.17) is 9.47 Å². The zero-order valence-electron chi connectivity index (χ0n) is 17.2. The molecule has 0 bridgehead atoms. The second kappa shape index (κ2) is 8.31. The van der Waals surface area contributed by atoms with Gasteiger partial charge < -0.3 is 14.8 Å². The summed E-state index contributed by atoms with van der Waals surface area (Å²) in [5, 5.41) is 2.84. The Balaban J connectivity index is 1.55. The number of benzene rings is 3. The van der Waals surface area contributed by atoms with E-state index >= 15 is 0 Å². The molecule has 1 amide bonds. The molecule has 0 saturated heterocycles. The van der Waals surface area contributed by atoms with E-state index in [0.717, 1.165) is 15.4 Å². The average molecular weight is 439 g/mol. The van der Waals surface area contributed by atoms with Gasteiger partial charge in [0.1, 0.15) is 0 Å². The number of sulfonamides is 1. The number of carbonyl (C=O) groups is 1. The monoisotopic (exact) mass is 438 g/mol. The van der Waals surface area contributed by atoms with Crippen LogP contribution in [0.25, 0.3) is 0 Å². The number of ether oxygens (including phenoxy) is 2. The summed E-state index contributed by atoms with van der Waals surface area (Å²) in [5.41, 5.74) is 2.37. The Morgan fingerprint density at radius 1 is 1.00 bits per heavy atom. The second-order valence-corrected chi connectivity index (χ2v) is 9.14. The van der Waals surface area contributed by atoms with E-state index in [1.807, 2.05) is 19.1 Å². The Morgan fingerprint density at radius 2 is 1.71 bits per heavy atom. The number of rotatable bonds is 6. The van der Waals surface area contributed by atoms with Crippen LogP contribution in [0.3, 0.4) is 0 Å². The van der Waals surface area contributed by atoms with Gasteiger partial charge in [-0.25, -0.2) is 8.42 Å². The van der Waals surface area contributed by atoms with Gasteiger partial charge >= 0.3 is 0 Å². The van der Waals surface area contributed by atoms with Gasteiger partial charge in [0.05, 0.1) is 16.1 Å². The average Bonchev–Trinajstić information content (AvgIpc) is 3.25. The summed E-state index contributed by atoms with van der Waals surface area (Å²) in [7, 11) is -2.37. The molecule has 0 aliphatic carbocycles. The van der Waals surface area contributed by atoms with Crippen LogP contribution in [0.4, 0.5) is 5.69 Å². The number of hydrogen-bond acceptors (Lipinski definition) is 5. The van der Waals surface area contributed by atoms with E-state index in [1.165, 1.54) is 7.05 Å². The van der Waals surface area contributed by atoms with Crippen LogP contribution < -0.4 is 19.1 Å². The van der Waals surface area contributed by atoms with Crippen molar-refractivity contribution in [2.24, 2.45) is 0 Å².